The second-order valence-corrected chi connectivity index (χ2v) is 6.85. The van der Waals surface area contributed by atoms with E-state index in [1.165, 1.54) is 7.11 Å². The van der Waals surface area contributed by atoms with Gasteiger partial charge in [0, 0.05) is 18.8 Å². The number of hydrogen-bond acceptors (Lipinski definition) is 5. The van der Waals surface area contributed by atoms with Gasteiger partial charge in [-0.25, -0.2) is 0 Å². The second-order valence-electron chi connectivity index (χ2n) is 6.85. The third kappa shape index (κ3) is 7.32. The molecule has 1 rings (SSSR count). The molecule has 5 heteroatoms. The second kappa shape index (κ2) is 11.6. The largest absolute Gasteiger partial charge is 0.469 e. The van der Waals surface area contributed by atoms with Crippen molar-refractivity contribution >= 4 is 5.97 Å². The lowest BCUT2D eigenvalue weighted by Gasteiger charge is -2.19. The van der Waals surface area contributed by atoms with Crippen LogP contribution in [0.3, 0.4) is 0 Å². The molecule has 1 fully saturated rings. The minimum absolute atomic E-state index is 0.0574. The highest BCUT2D eigenvalue weighted by Gasteiger charge is 2.38. The molecular weight excluding hydrogens is 308 g/mol. The monoisotopic (exact) mass is 342 g/mol. The highest BCUT2D eigenvalue weighted by Crippen LogP contribution is 2.35. The van der Waals surface area contributed by atoms with E-state index in [0.29, 0.717) is 19.3 Å². The number of aliphatic hydroxyl groups excluding tert-OH is 3. The number of methoxy groups -OCH3 is 1. The maximum Gasteiger partial charge on any atom is 0.305 e. The van der Waals surface area contributed by atoms with Crippen LogP contribution in [0.25, 0.3) is 0 Å². The van der Waals surface area contributed by atoms with Gasteiger partial charge in [0.2, 0.25) is 0 Å². The molecule has 0 aromatic carbocycles. The molecule has 0 aromatic heterocycles. The molecule has 0 aromatic rings. The number of carbonyl (C=O) groups excluding carboxylic acids is 1. The topological polar surface area (TPSA) is 87.0 Å². The first kappa shape index (κ1) is 21.1. The quantitative estimate of drug-likeness (QED) is 0.305. The molecule has 3 N–H and O–H groups in total. The van der Waals surface area contributed by atoms with E-state index in [1.807, 2.05) is 13.0 Å². The molecule has 1 saturated carbocycles. The summed E-state index contributed by atoms with van der Waals surface area (Å²) in [5.74, 6) is -0.128. The fourth-order valence-electron chi connectivity index (χ4n) is 3.54. The van der Waals surface area contributed by atoms with E-state index >= 15 is 0 Å². The van der Waals surface area contributed by atoms with Crippen molar-refractivity contribution in [3.8, 4) is 0 Å². The van der Waals surface area contributed by atoms with Gasteiger partial charge in [0.15, 0.2) is 0 Å². The fraction of sp³-hybridized carbons (Fsp3) is 0.842. The molecule has 0 unspecified atom stereocenters. The van der Waals surface area contributed by atoms with Crippen molar-refractivity contribution in [3.63, 3.8) is 0 Å². The average molecular weight is 342 g/mol. The van der Waals surface area contributed by atoms with E-state index in [-0.39, 0.29) is 17.8 Å². The number of rotatable bonds is 11. The van der Waals surface area contributed by atoms with Crippen LogP contribution in [0.15, 0.2) is 12.2 Å². The van der Waals surface area contributed by atoms with Gasteiger partial charge in [0.05, 0.1) is 25.4 Å². The summed E-state index contributed by atoms with van der Waals surface area (Å²) in [6.45, 7) is 2.02. The summed E-state index contributed by atoms with van der Waals surface area (Å²) in [5, 5.41) is 29.9. The van der Waals surface area contributed by atoms with Gasteiger partial charge in [-0.2, -0.15) is 0 Å². The Kier molecular flexibility index (Phi) is 10.2. The van der Waals surface area contributed by atoms with Crippen LogP contribution < -0.4 is 0 Å². The Balaban J connectivity index is 2.15. The van der Waals surface area contributed by atoms with Crippen LogP contribution in [0.2, 0.25) is 0 Å². The van der Waals surface area contributed by atoms with Crippen LogP contribution in [0.5, 0.6) is 0 Å². The van der Waals surface area contributed by atoms with Gasteiger partial charge in [0.25, 0.3) is 0 Å². The molecule has 5 atom stereocenters. The Morgan fingerprint density at radius 1 is 1.17 bits per heavy atom. The number of unbranched alkanes of at least 4 members (excludes halogenated alkanes) is 4. The Morgan fingerprint density at radius 2 is 1.83 bits per heavy atom. The zero-order valence-electron chi connectivity index (χ0n) is 15.1. The predicted molar refractivity (Wildman–Crippen MR) is 93.4 cm³/mol. The molecule has 5 nitrogen and oxygen atoms in total. The van der Waals surface area contributed by atoms with Crippen LogP contribution in [0, 0.1) is 11.8 Å². The summed E-state index contributed by atoms with van der Waals surface area (Å²) >= 11 is 0. The molecule has 0 heterocycles. The van der Waals surface area contributed by atoms with E-state index < -0.39 is 18.3 Å². The maximum atomic E-state index is 11.0. The van der Waals surface area contributed by atoms with Crippen LogP contribution in [0.4, 0.5) is 0 Å². The first-order valence-corrected chi connectivity index (χ1v) is 9.28. The lowest BCUT2D eigenvalue weighted by molar-refractivity contribution is -0.140. The zero-order chi connectivity index (χ0) is 17.9. The van der Waals surface area contributed by atoms with Crippen molar-refractivity contribution in [1.82, 2.24) is 0 Å². The molecule has 1 aliphatic carbocycles. The molecule has 0 spiro atoms. The van der Waals surface area contributed by atoms with Crippen LogP contribution >= 0.6 is 0 Å². The van der Waals surface area contributed by atoms with Gasteiger partial charge < -0.3 is 20.1 Å². The molecule has 140 valence electrons. The van der Waals surface area contributed by atoms with Crippen LogP contribution in [0.1, 0.15) is 64.7 Å². The van der Waals surface area contributed by atoms with E-state index in [0.717, 1.165) is 38.5 Å². The number of carbonyl (C=O) groups is 1. The Hall–Kier alpha value is -0.910. The Labute approximate surface area is 145 Å². The average Bonchev–Trinajstić information content (AvgIpc) is 2.84. The van der Waals surface area contributed by atoms with Crippen LogP contribution in [-0.4, -0.2) is 46.7 Å². The molecule has 0 amide bonds. The standard InChI is InChI=1S/C19H34O5/c1-3-15-16(18(22)13-17(15)21)12-11-14(20)9-7-5-4-6-8-10-19(23)24-2/h11-12,14-18,20-22H,3-10,13H2,1-2H3/b12-11+/t14-,15-,16+,17-,18+/m1/s1. The summed E-state index contributed by atoms with van der Waals surface area (Å²) < 4.78 is 4.60. The Morgan fingerprint density at radius 3 is 2.50 bits per heavy atom. The number of hydrogen-bond donors (Lipinski definition) is 3. The van der Waals surface area contributed by atoms with Crippen LogP contribution in [-0.2, 0) is 9.53 Å². The van der Waals surface area contributed by atoms with Crippen molar-refractivity contribution in [2.24, 2.45) is 11.8 Å². The summed E-state index contributed by atoms with van der Waals surface area (Å²) in [5.41, 5.74) is 0. The van der Waals surface area contributed by atoms with Gasteiger partial charge in [0.1, 0.15) is 0 Å². The summed E-state index contributed by atoms with van der Waals surface area (Å²) in [4.78, 5) is 11.0. The highest BCUT2D eigenvalue weighted by atomic mass is 16.5. The number of ether oxygens (including phenoxy) is 1. The van der Waals surface area contributed by atoms with Crippen molar-refractivity contribution in [1.29, 1.82) is 0 Å². The van der Waals surface area contributed by atoms with E-state index in [2.05, 4.69) is 4.74 Å². The molecule has 0 bridgehead atoms. The van der Waals surface area contributed by atoms with Gasteiger partial charge in [-0.1, -0.05) is 51.2 Å². The Bertz CT molecular complexity index is 382. The number of esters is 1. The highest BCUT2D eigenvalue weighted by molar-refractivity contribution is 5.68. The van der Waals surface area contributed by atoms with E-state index in [9.17, 15) is 20.1 Å². The van der Waals surface area contributed by atoms with Crippen molar-refractivity contribution in [3.05, 3.63) is 12.2 Å². The lowest BCUT2D eigenvalue weighted by Crippen LogP contribution is -2.20. The summed E-state index contributed by atoms with van der Waals surface area (Å²) in [6.07, 6.45) is 9.54. The fourth-order valence-corrected chi connectivity index (χ4v) is 3.54. The van der Waals surface area contributed by atoms with Crippen molar-refractivity contribution in [2.75, 3.05) is 7.11 Å². The normalized spacial score (nSPS) is 28.4. The van der Waals surface area contributed by atoms with E-state index in [4.69, 9.17) is 0 Å². The minimum Gasteiger partial charge on any atom is -0.469 e. The molecule has 0 aliphatic heterocycles. The predicted octanol–water partition coefficient (Wildman–Crippen LogP) is 2.58. The zero-order valence-corrected chi connectivity index (χ0v) is 15.1. The van der Waals surface area contributed by atoms with Gasteiger partial charge in [-0.3, -0.25) is 4.79 Å². The van der Waals surface area contributed by atoms with Gasteiger partial charge in [-0.05, 0) is 18.8 Å². The van der Waals surface area contributed by atoms with Gasteiger partial charge in [-0.15, -0.1) is 0 Å². The third-order valence-corrected chi connectivity index (χ3v) is 5.05. The van der Waals surface area contributed by atoms with Crippen molar-refractivity contribution < 1.29 is 24.9 Å². The molecule has 1 aliphatic rings. The van der Waals surface area contributed by atoms with Gasteiger partial charge >= 0.3 is 5.97 Å². The molecular formula is C19H34O5. The first-order chi connectivity index (χ1) is 11.5. The molecule has 0 radical (unpaired) electrons. The smallest absolute Gasteiger partial charge is 0.305 e. The number of aliphatic hydroxyl groups is 3. The maximum absolute atomic E-state index is 11.0. The first-order valence-electron chi connectivity index (χ1n) is 9.28. The molecule has 0 saturated heterocycles. The molecule has 24 heavy (non-hydrogen) atoms. The van der Waals surface area contributed by atoms with E-state index in [1.54, 1.807) is 6.08 Å². The minimum atomic E-state index is -0.511. The third-order valence-electron chi connectivity index (χ3n) is 5.05. The summed E-state index contributed by atoms with van der Waals surface area (Å²) in [6, 6.07) is 0. The lowest BCUT2D eigenvalue weighted by atomic mass is 9.90. The van der Waals surface area contributed by atoms with Crippen molar-refractivity contribution in [2.45, 2.75) is 83.0 Å². The SMILES string of the molecule is CC[C@@H]1[C@H](/C=C/[C@H](O)CCCCCCCC(=O)OC)[C@@H](O)C[C@H]1O. The summed E-state index contributed by atoms with van der Waals surface area (Å²) in [7, 11) is 1.41.